The second-order valence-corrected chi connectivity index (χ2v) is 7.98. The number of carbonyl (C=O) groups excluding carboxylic acids is 3. The number of aryl methyl sites for hydroxylation is 3. The van der Waals surface area contributed by atoms with Crippen LogP contribution in [-0.2, 0) is 14.4 Å². The summed E-state index contributed by atoms with van der Waals surface area (Å²) in [6.07, 6.45) is 1.41. The van der Waals surface area contributed by atoms with Crippen LogP contribution in [0.1, 0.15) is 36.1 Å². The molecule has 0 spiro atoms. The van der Waals surface area contributed by atoms with Crippen molar-refractivity contribution in [2.45, 2.75) is 34.6 Å². The molecule has 32 heavy (non-hydrogen) atoms. The highest BCUT2D eigenvalue weighted by molar-refractivity contribution is 6.35. The topological polar surface area (TPSA) is 109 Å². The van der Waals surface area contributed by atoms with Gasteiger partial charge in [0.15, 0.2) is 6.61 Å². The Balaban J connectivity index is 1.81. The maximum atomic E-state index is 12.3. The summed E-state index contributed by atoms with van der Waals surface area (Å²) in [6.45, 7) is 10.1. The van der Waals surface area contributed by atoms with E-state index in [0.29, 0.717) is 17.9 Å². The largest absolute Gasteiger partial charge is 0.484 e. The molecule has 0 radical (unpaired) electrons. The Bertz CT molecular complexity index is 975. The van der Waals surface area contributed by atoms with Gasteiger partial charge in [-0.25, -0.2) is 5.43 Å². The fraction of sp³-hybridized carbons (Fsp3) is 0.333. The highest BCUT2D eigenvalue weighted by Gasteiger charge is 2.12. The van der Waals surface area contributed by atoms with Gasteiger partial charge in [0, 0.05) is 12.2 Å². The van der Waals surface area contributed by atoms with E-state index in [9.17, 15) is 14.4 Å². The minimum Gasteiger partial charge on any atom is -0.484 e. The van der Waals surface area contributed by atoms with Crippen molar-refractivity contribution in [3.8, 4) is 5.75 Å². The average molecular weight is 439 g/mol. The first kappa shape index (κ1) is 24.6. The van der Waals surface area contributed by atoms with Crippen LogP contribution in [0.2, 0.25) is 0 Å². The standard InChI is InChI=1S/C24H30N4O4/c1-15(2)12-25-23(30)24(31)28-26-13-19-6-8-20(9-7-19)32-14-21(29)27-22-17(4)10-16(3)11-18(22)5/h6-11,13,15H,12,14H2,1-5H3,(H,25,30)(H,27,29)(H,28,31)/b26-13-. The van der Waals surface area contributed by atoms with Crippen LogP contribution < -0.4 is 20.8 Å². The van der Waals surface area contributed by atoms with Crippen LogP contribution in [0.3, 0.4) is 0 Å². The zero-order chi connectivity index (χ0) is 23.7. The summed E-state index contributed by atoms with van der Waals surface area (Å²) in [5, 5.41) is 9.18. The molecule has 0 bridgehead atoms. The van der Waals surface area contributed by atoms with Crippen LogP contribution in [0.5, 0.6) is 5.75 Å². The third-order valence-corrected chi connectivity index (χ3v) is 4.45. The molecule has 0 aromatic heterocycles. The number of nitrogens with one attached hydrogen (secondary N) is 3. The zero-order valence-electron chi connectivity index (χ0n) is 19.1. The Morgan fingerprint density at radius 2 is 1.62 bits per heavy atom. The average Bonchev–Trinajstić information content (AvgIpc) is 2.73. The van der Waals surface area contributed by atoms with Gasteiger partial charge in [-0.2, -0.15) is 5.10 Å². The summed E-state index contributed by atoms with van der Waals surface area (Å²) in [5.74, 6) is -1.03. The summed E-state index contributed by atoms with van der Waals surface area (Å²) in [6, 6.07) is 10.9. The summed E-state index contributed by atoms with van der Waals surface area (Å²) >= 11 is 0. The molecule has 0 heterocycles. The van der Waals surface area contributed by atoms with E-state index in [4.69, 9.17) is 4.74 Å². The number of hydrogen-bond donors (Lipinski definition) is 3. The van der Waals surface area contributed by atoms with Gasteiger partial charge in [0.25, 0.3) is 5.91 Å². The monoisotopic (exact) mass is 438 g/mol. The van der Waals surface area contributed by atoms with Gasteiger partial charge in [-0.15, -0.1) is 0 Å². The normalized spacial score (nSPS) is 10.8. The number of benzene rings is 2. The van der Waals surface area contributed by atoms with Crippen LogP contribution in [-0.4, -0.2) is 37.1 Å². The van der Waals surface area contributed by atoms with E-state index in [1.54, 1.807) is 24.3 Å². The molecule has 0 saturated carbocycles. The lowest BCUT2D eigenvalue weighted by molar-refractivity contribution is -0.139. The zero-order valence-corrected chi connectivity index (χ0v) is 19.1. The first-order chi connectivity index (χ1) is 15.2. The Morgan fingerprint density at radius 1 is 1.00 bits per heavy atom. The van der Waals surface area contributed by atoms with Crippen molar-refractivity contribution >= 4 is 29.6 Å². The smallest absolute Gasteiger partial charge is 0.329 e. The maximum Gasteiger partial charge on any atom is 0.329 e. The number of anilines is 1. The highest BCUT2D eigenvalue weighted by atomic mass is 16.5. The molecule has 0 atom stereocenters. The number of hydrogen-bond acceptors (Lipinski definition) is 5. The van der Waals surface area contributed by atoms with E-state index in [2.05, 4.69) is 21.2 Å². The van der Waals surface area contributed by atoms with Crippen molar-refractivity contribution in [3.05, 3.63) is 58.7 Å². The molecular weight excluding hydrogens is 408 g/mol. The van der Waals surface area contributed by atoms with Crippen molar-refractivity contribution in [2.24, 2.45) is 11.0 Å². The Morgan fingerprint density at radius 3 is 2.22 bits per heavy atom. The SMILES string of the molecule is Cc1cc(C)c(NC(=O)COc2ccc(/C=N\NC(=O)C(=O)NCC(C)C)cc2)c(C)c1. The molecule has 0 saturated heterocycles. The van der Waals surface area contributed by atoms with Crippen molar-refractivity contribution in [3.63, 3.8) is 0 Å². The quantitative estimate of drug-likeness (QED) is 0.334. The lowest BCUT2D eigenvalue weighted by atomic mass is 10.1. The first-order valence-corrected chi connectivity index (χ1v) is 10.4. The summed E-state index contributed by atoms with van der Waals surface area (Å²) < 4.78 is 5.54. The molecule has 0 fully saturated rings. The molecule has 2 aromatic rings. The number of ether oxygens (including phenoxy) is 1. The lowest BCUT2D eigenvalue weighted by Gasteiger charge is -2.13. The van der Waals surface area contributed by atoms with Crippen LogP contribution in [0.25, 0.3) is 0 Å². The molecule has 8 heteroatoms. The molecule has 2 rings (SSSR count). The number of carbonyl (C=O) groups is 3. The van der Waals surface area contributed by atoms with E-state index in [1.807, 2.05) is 46.8 Å². The van der Waals surface area contributed by atoms with Crippen LogP contribution >= 0.6 is 0 Å². The van der Waals surface area contributed by atoms with Gasteiger partial charge in [0.1, 0.15) is 5.75 Å². The molecule has 8 nitrogen and oxygen atoms in total. The first-order valence-electron chi connectivity index (χ1n) is 10.4. The molecule has 0 aliphatic heterocycles. The van der Waals surface area contributed by atoms with Crippen molar-refractivity contribution < 1.29 is 19.1 Å². The fourth-order valence-electron chi connectivity index (χ4n) is 2.95. The Labute approximate surface area is 188 Å². The van der Waals surface area contributed by atoms with E-state index in [-0.39, 0.29) is 18.4 Å². The van der Waals surface area contributed by atoms with Gasteiger partial charge in [-0.1, -0.05) is 31.5 Å². The second-order valence-electron chi connectivity index (χ2n) is 7.98. The molecule has 3 amide bonds. The van der Waals surface area contributed by atoms with Gasteiger partial charge in [0.2, 0.25) is 0 Å². The highest BCUT2D eigenvalue weighted by Crippen LogP contribution is 2.22. The van der Waals surface area contributed by atoms with Crippen LogP contribution in [0, 0.1) is 26.7 Å². The number of hydrazone groups is 1. The number of rotatable bonds is 8. The van der Waals surface area contributed by atoms with E-state index < -0.39 is 11.8 Å². The molecule has 3 N–H and O–H groups in total. The van der Waals surface area contributed by atoms with Crippen molar-refractivity contribution in [1.82, 2.24) is 10.7 Å². The summed E-state index contributed by atoms with van der Waals surface area (Å²) in [5.41, 5.74) is 6.82. The second kappa shape index (κ2) is 11.6. The van der Waals surface area contributed by atoms with Gasteiger partial charge < -0.3 is 15.4 Å². The molecule has 0 aliphatic rings. The molecule has 0 unspecified atom stereocenters. The minimum absolute atomic E-state index is 0.123. The van der Waals surface area contributed by atoms with Gasteiger partial charge in [0.05, 0.1) is 6.21 Å². The van der Waals surface area contributed by atoms with Crippen molar-refractivity contribution in [2.75, 3.05) is 18.5 Å². The van der Waals surface area contributed by atoms with Gasteiger partial charge in [-0.05, 0) is 67.6 Å². The molecule has 2 aromatic carbocycles. The predicted octanol–water partition coefficient (Wildman–Crippen LogP) is 2.85. The van der Waals surface area contributed by atoms with E-state index >= 15 is 0 Å². The Hall–Kier alpha value is -3.68. The molecular formula is C24H30N4O4. The predicted molar refractivity (Wildman–Crippen MR) is 125 cm³/mol. The van der Waals surface area contributed by atoms with Crippen LogP contribution in [0.4, 0.5) is 5.69 Å². The van der Waals surface area contributed by atoms with Gasteiger partial charge in [-0.3, -0.25) is 14.4 Å². The molecule has 170 valence electrons. The summed E-state index contributed by atoms with van der Waals surface area (Å²) in [7, 11) is 0. The maximum absolute atomic E-state index is 12.3. The fourth-order valence-corrected chi connectivity index (χ4v) is 2.95. The Kier molecular flexibility index (Phi) is 8.95. The molecule has 0 aliphatic carbocycles. The van der Waals surface area contributed by atoms with E-state index in [1.165, 1.54) is 6.21 Å². The van der Waals surface area contributed by atoms with Crippen molar-refractivity contribution in [1.29, 1.82) is 0 Å². The number of nitrogens with zero attached hydrogens (tertiary/aromatic N) is 1. The van der Waals surface area contributed by atoms with E-state index in [0.717, 1.165) is 22.4 Å². The third kappa shape index (κ3) is 7.86. The summed E-state index contributed by atoms with van der Waals surface area (Å²) in [4.78, 5) is 35.5. The lowest BCUT2D eigenvalue weighted by Crippen LogP contribution is -2.39. The number of amides is 3. The van der Waals surface area contributed by atoms with Crippen LogP contribution in [0.15, 0.2) is 41.5 Å². The minimum atomic E-state index is -0.827. The van der Waals surface area contributed by atoms with Gasteiger partial charge >= 0.3 is 11.8 Å². The third-order valence-electron chi connectivity index (χ3n) is 4.45.